The predicted octanol–water partition coefficient (Wildman–Crippen LogP) is 2.26. The van der Waals surface area contributed by atoms with E-state index >= 15 is 0 Å². The van der Waals surface area contributed by atoms with Gasteiger partial charge in [0.05, 0.1) is 19.1 Å². The number of halogens is 1. The highest BCUT2D eigenvalue weighted by atomic mass is 79.9. The largest absolute Gasteiger partial charge is 0.320 e. The number of aryl methyl sites for hydroxylation is 2. The lowest BCUT2D eigenvalue weighted by atomic mass is 10.1. The first-order valence-corrected chi connectivity index (χ1v) is 9.71. The maximum atomic E-state index is 12.6. The SMILES string of the molecule is Cc1cc(Br)ccc1NC(=O)c1c(CCOS(C)(=O)=O)cnn1C. The molecule has 1 heterocycles. The molecule has 130 valence electrons. The van der Waals surface area contributed by atoms with Crippen molar-refractivity contribution in [3.63, 3.8) is 0 Å². The molecule has 0 unspecified atom stereocenters. The fraction of sp³-hybridized carbons (Fsp3) is 0.333. The summed E-state index contributed by atoms with van der Waals surface area (Å²) in [5.74, 6) is -0.310. The maximum Gasteiger partial charge on any atom is 0.274 e. The lowest BCUT2D eigenvalue weighted by molar-refractivity contribution is 0.101. The smallest absolute Gasteiger partial charge is 0.274 e. The molecule has 2 aromatic rings. The molecule has 0 spiro atoms. The third-order valence-electron chi connectivity index (χ3n) is 3.34. The summed E-state index contributed by atoms with van der Waals surface area (Å²) in [4.78, 5) is 12.6. The lowest BCUT2D eigenvalue weighted by Gasteiger charge is -2.10. The van der Waals surface area contributed by atoms with Crippen LogP contribution in [0, 0.1) is 6.92 Å². The minimum absolute atomic E-state index is 0.0396. The second-order valence-electron chi connectivity index (χ2n) is 5.33. The Bertz CT molecular complexity index is 862. The van der Waals surface area contributed by atoms with Crippen molar-refractivity contribution in [2.75, 3.05) is 18.2 Å². The van der Waals surface area contributed by atoms with Gasteiger partial charge in [0.15, 0.2) is 0 Å². The Hall–Kier alpha value is -1.71. The van der Waals surface area contributed by atoms with Crippen molar-refractivity contribution in [3.05, 3.63) is 45.7 Å². The molecule has 0 aliphatic heterocycles. The van der Waals surface area contributed by atoms with E-state index in [9.17, 15) is 13.2 Å². The predicted molar refractivity (Wildman–Crippen MR) is 94.5 cm³/mol. The molecule has 1 amide bonds. The van der Waals surface area contributed by atoms with Gasteiger partial charge in [0.2, 0.25) is 0 Å². The van der Waals surface area contributed by atoms with E-state index < -0.39 is 10.1 Å². The van der Waals surface area contributed by atoms with E-state index in [2.05, 4.69) is 26.3 Å². The van der Waals surface area contributed by atoms with Gasteiger partial charge in [-0.2, -0.15) is 13.5 Å². The van der Waals surface area contributed by atoms with Gasteiger partial charge in [0.25, 0.3) is 16.0 Å². The highest BCUT2D eigenvalue weighted by molar-refractivity contribution is 9.10. The van der Waals surface area contributed by atoms with Gasteiger partial charge in [-0.25, -0.2) is 0 Å². The van der Waals surface area contributed by atoms with Gasteiger partial charge in [0.1, 0.15) is 5.69 Å². The number of hydrogen-bond donors (Lipinski definition) is 1. The molecule has 1 aromatic heterocycles. The fourth-order valence-electron chi connectivity index (χ4n) is 2.21. The summed E-state index contributed by atoms with van der Waals surface area (Å²) in [6.07, 6.45) is 2.79. The summed E-state index contributed by atoms with van der Waals surface area (Å²) in [6.45, 7) is 1.85. The molecule has 1 aromatic carbocycles. The van der Waals surface area contributed by atoms with Crippen molar-refractivity contribution in [2.45, 2.75) is 13.3 Å². The van der Waals surface area contributed by atoms with Crippen LogP contribution in [0.2, 0.25) is 0 Å². The molecule has 0 bridgehead atoms. The van der Waals surface area contributed by atoms with Crippen LogP contribution in [-0.4, -0.2) is 37.0 Å². The van der Waals surface area contributed by atoms with Gasteiger partial charge in [-0.05, 0) is 30.7 Å². The summed E-state index contributed by atoms with van der Waals surface area (Å²) < 4.78 is 29.2. The summed E-state index contributed by atoms with van der Waals surface area (Å²) in [6, 6.07) is 5.55. The zero-order valence-corrected chi connectivity index (χ0v) is 15.9. The van der Waals surface area contributed by atoms with Gasteiger partial charge in [0, 0.05) is 29.2 Å². The highest BCUT2D eigenvalue weighted by Crippen LogP contribution is 2.21. The molecule has 2 rings (SSSR count). The molecular weight excluding hydrogens is 398 g/mol. The Balaban J connectivity index is 2.15. The zero-order valence-electron chi connectivity index (χ0n) is 13.5. The number of hydrogen-bond acceptors (Lipinski definition) is 5. The summed E-state index contributed by atoms with van der Waals surface area (Å²) in [5.41, 5.74) is 2.60. The number of carbonyl (C=O) groups is 1. The van der Waals surface area contributed by atoms with E-state index in [4.69, 9.17) is 4.18 Å². The van der Waals surface area contributed by atoms with E-state index in [-0.39, 0.29) is 18.9 Å². The number of carbonyl (C=O) groups excluding carboxylic acids is 1. The van der Waals surface area contributed by atoms with Crippen molar-refractivity contribution in [1.29, 1.82) is 0 Å². The minimum Gasteiger partial charge on any atom is -0.320 e. The van der Waals surface area contributed by atoms with Gasteiger partial charge in [-0.15, -0.1) is 0 Å². The zero-order chi connectivity index (χ0) is 17.9. The Morgan fingerprint density at radius 1 is 1.42 bits per heavy atom. The van der Waals surface area contributed by atoms with E-state index in [1.54, 1.807) is 13.1 Å². The highest BCUT2D eigenvalue weighted by Gasteiger charge is 2.18. The molecule has 7 nitrogen and oxygen atoms in total. The van der Waals surface area contributed by atoms with Crippen LogP contribution in [0.5, 0.6) is 0 Å². The first-order valence-electron chi connectivity index (χ1n) is 7.10. The first kappa shape index (κ1) is 18.6. The number of benzene rings is 1. The molecule has 0 radical (unpaired) electrons. The standard InChI is InChI=1S/C15H18BrN3O4S/c1-10-8-12(16)4-5-13(10)18-15(20)14-11(9-17-19(14)2)6-7-23-24(3,21)22/h4-5,8-9H,6-7H2,1-3H3,(H,18,20). The Labute approximate surface area is 149 Å². The van der Waals surface area contributed by atoms with Crippen LogP contribution in [0.1, 0.15) is 21.6 Å². The van der Waals surface area contributed by atoms with Gasteiger partial charge >= 0.3 is 0 Å². The molecule has 9 heteroatoms. The van der Waals surface area contributed by atoms with Gasteiger partial charge < -0.3 is 5.32 Å². The monoisotopic (exact) mass is 415 g/mol. The third kappa shape index (κ3) is 4.89. The van der Waals surface area contributed by atoms with E-state index in [1.807, 2.05) is 19.1 Å². The normalized spacial score (nSPS) is 11.5. The van der Waals surface area contributed by atoms with Crippen molar-refractivity contribution >= 4 is 37.6 Å². The van der Waals surface area contributed by atoms with Crippen LogP contribution in [0.15, 0.2) is 28.9 Å². The fourth-order valence-corrected chi connectivity index (χ4v) is 3.07. The molecular formula is C15H18BrN3O4S. The topological polar surface area (TPSA) is 90.3 Å². The summed E-state index contributed by atoms with van der Waals surface area (Å²) in [7, 11) is -1.85. The number of nitrogens with zero attached hydrogens (tertiary/aromatic N) is 2. The number of amides is 1. The van der Waals surface area contributed by atoms with Crippen LogP contribution in [0.4, 0.5) is 5.69 Å². The summed E-state index contributed by atoms with van der Waals surface area (Å²) >= 11 is 3.38. The molecule has 0 saturated heterocycles. The number of nitrogens with one attached hydrogen (secondary N) is 1. The van der Waals surface area contributed by atoms with Gasteiger partial charge in [-0.3, -0.25) is 13.7 Å². The van der Waals surface area contributed by atoms with Crippen molar-refractivity contribution < 1.29 is 17.4 Å². The van der Waals surface area contributed by atoms with Crippen molar-refractivity contribution in [1.82, 2.24) is 9.78 Å². The molecule has 0 fully saturated rings. The van der Waals surface area contributed by atoms with Crippen molar-refractivity contribution in [3.8, 4) is 0 Å². The second-order valence-corrected chi connectivity index (χ2v) is 7.89. The van der Waals surface area contributed by atoms with Crippen LogP contribution < -0.4 is 5.32 Å². The van der Waals surface area contributed by atoms with E-state index in [1.165, 1.54) is 10.9 Å². The molecule has 1 N–H and O–H groups in total. The lowest BCUT2D eigenvalue weighted by Crippen LogP contribution is -2.19. The Morgan fingerprint density at radius 3 is 2.75 bits per heavy atom. The van der Waals surface area contributed by atoms with Crippen LogP contribution in [0.3, 0.4) is 0 Å². The van der Waals surface area contributed by atoms with E-state index in [0.29, 0.717) is 16.9 Å². The minimum atomic E-state index is -3.51. The number of aromatic nitrogens is 2. The summed E-state index contributed by atoms with van der Waals surface area (Å²) in [5, 5.41) is 6.92. The molecule has 0 aliphatic rings. The van der Waals surface area contributed by atoms with Gasteiger partial charge in [-0.1, -0.05) is 15.9 Å². The number of rotatable bonds is 6. The third-order valence-corrected chi connectivity index (χ3v) is 4.42. The molecule has 0 saturated carbocycles. The maximum absolute atomic E-state index is 12.6. The molecule has 0 aliphatic carbocycles. The average molecular weight is 416 g/mol. The molecule has 24 heavy (non-hydrogen) atoms. The van der Waals surface area contributed by atoms with Crippen LogP contribution in [-0.2, 0) is 27.8 Å². The second kappa shape index (κ2) is 7.45. The van der Waals surface area contributed by atoms with Crippen LogP contribution >= 0.6 is 15.9 Å². The average Bonchev–Trinajstić information content (AvgIpc) is 2.81. The molecule has 0 atom stereocenters. The number of anilines is 1. The first-order chi connectivity index (χ1) is 11.2. The van der Waals surface area contributed by atoms with Crippen LogP contribution in [0.25, 0.3) is 0 Å². The quantitative estimate of drug-likeness (QED) is 0.730. The van der Waals surface area contributed by atoms with Crippen molar-refractivity contribution in [2.24, 2.45) is 7.05 Å². The Kier molecular flexibility index (Phi) is 5.79. The Morgan fingerprint density at radius 2 is 2.12 bits per heavy atom. The van der Waals surface area contributed by atoms with E-state index in [0.717, 1.165) is 16.3 Å².